The topological polar surface area (TPSA) is 90.2 Å². The molecule has 2 aromatic carbocycles. The Bertz CT molecular complexity index is 699. The van der Waals surface area contributed by atoms with E-state index in [1.165, 1.54) is 0 Å². The van der Waals surface area contributed by atoms with E-state index in [4.69, 9.17) is 5.26 Å². The van der Waals surface area contributed by atoms with E-state index in [1.54, 1.807) is 0 Å². The summed E-state index contributed by atoms with van der Waals surface area (Å²) in [4.78, 5) is 24.3. The zero-order valence-corrected chi connectivity index (χ0v) is 13.8. The Labute approximate surface area is 146 Å². The summed E-state index contributed by atoms with van der Waals surface area (Å²) in [6, 6.07) is 19.5. The first-order valence-corrected chi connectivity index (χ1v) is 8.13. The maximum Gasteiger partial charge on any atom is 0.326 e. The van der Waals surface area contributed by atoms with Crippen LogP contribution in [0.25, 0.3) is 0 Å². The maximum absolute atomic E-state index is 12.9. The normalized spacial score (nSPS) is 11.5. The number of nitrogens with one attached hydrogen (secondary N) is 1. The number of nitriles is 1. The van der Waals surface area contributed by atoms with E-state index in [9.17, 15) is 14.7 Å². The molecule has 0 fully saturated rings. The molecule has 25 heavy (non-hydrogen) atoms. The number of carboxylic acids is 1. The SMILES string of the molecule is N#CCCC[C@@H](NC(=O)C(c1ccccc1)c1ccccc1)C(=O)O. The molecule has 0 aliphatic carbocycles. The van der Waals surface area contributed by atoms with Crippen LogP contribution in [-0.2, 0) is 9.59 Å². The number of benzene rings is 2. The third-order valence-corrected chi connectivity index (χ3v) is 3.92. The van der Waals surface area contributed by atoms with Gasteiger partial charge in [0.1, 0.15) is 6.04 Å². The summed E-state index contributed by atoms with van der Waals surface area (Å²) in [6.07, 6.45) is 0.917. The first kappa shape index (κ1) is 18.2. The van der Waals surface area contributed by atoms with E-state index in [1.807, 2.05) is 66.7 Å². The van der Waals surface area contributed by atoms with Gasteiger partial charge in [0.05, 0.1) is 12.0 Å². The molecule has 0 saturated carbocycles. The second-order valence-electron chi connectivity index (χ2n) is 5.70. The van der Waals surface area contributed by atoms with Crippen molar-refractivity contribution in [1.82, 2.24) is 5.32 Å². The van der Waals surface area contributed by atoms with Gasteiger partial charge in [-0.25, -0.2) is 4.79 Å². The van der Waals surface area contributed by atoms with Gasteiger partial charge >= 0.3 is 5.97 Å². The van der Waals surface area contributed by atoms with E-state index in [-0.39, 0.29) is 18.7 Å². The smallest absolute Gasteiger partial charge is 0.326 e. The number of carbonyl (C=O) groups excluding carboxylic acids is 1. The van der Waals surface area contributed by atoms with Crippen LogP contribution in [0.1, 0.15) is 36.3 Å². The van der Waals surface area contributed by atoms with Gasteiger partial charge in [0.2, 0.25) is 5.91 Å². The third kappa shape index (κ3) is 5.18. The molecule has 0 heterocycles. The van der Waals surface area contributed by atoms with Gasteiger partial charge in [-0.15, -0.1) is 0 Å². The van der Waals surface area contributed by atoms with E-state index >= 15 is 0 Å². The van der Waals surface area contributed by atoms with Crippen LogP contribution < -0.4 is 5.32 Å². The third-order valence-electron chi connectivity index (χ3n) is 3.92. The fourth-order valence-corrected chi connectivity index (χ4v) is 2.68. The lowest BCUT2D eigenvalue weighted by Gasteiger charge is -2.21. The quantitative estimate of drug-likeness (QED) is 0.725. The Balaban J connectivity index is 2.23. The summed E-state index contributed by atoms with van der Waals surface area (Å²) in [6.45, 7) is 0. The van der Waals surface area contributed by atoms with Crippen LogP contribution in [0.2, 0.25) is 0 Å². The second-order valence-corrected chi connectivity index (χ2v) is 5.70. The number of rotatable bonds is 8. The lowest BCUT2D eigenvalue weighted by molar-refractivity contribution is -0.142. The van der Waals surface area contributed by atoms with Gasteiger partial charge in [0.25, 0.3) is 0 Å². The number of carbonyl (C=O) groups is 2. The van der Waals surface area contributed by atoms with Gasteiger partial charge < -0.3 is 10.4 Å². The van der Waals surface area contributed by atoms with Gasteiger partial charge in [-0.2, -0.15) is 5.26 Å². The van der Waals surface area contributed by atoms with Gasteiger partial charge in [0.15, 0.2) is 0 Å². The summed E-state index contributed by atoms with van der Waals surface area (Å²) < 4.78 is 0. The van der Waals surface area contributed by atoms with E-state index in [0.717, 1.165) is 11.1 Å². The fourth-order valence-electron chi connectivity index (χ4n) is 2.68. The Morgan fingerprint density at radius 1 is 1.00 bits per heavy atom. The molecular formula is C20H20N2O3. The minimum absolute atomic E-state index is 0.227. The van der Waals surface area contributed by atoms with Gasteiger partial charge in [-0.1, -0.05) is 60.7 Å². The molecule has 128 valence electrons. The summed E-state index contributed by atoms with van der Waals surface area (Å²) in [7, 11) is 0. The molecule has 0 spiro atoms. The molecule has 0 aromatic heterocycles. The number of nitrogens with zero attached hydrogens (tertiary/aromatic N) is 1. The highest BCUT2D eigenvalue weighted by molar-refractivity contribution is 5.90. The summed E-state index contributed by atoms with van der Waals surface area (Å²) in [5.41, 5.74) is 1.60. The van der Waals surface area contributed by atoms with E-state index in [0.29, 0.717) is 6.42 Å². The molecule has 5 nitrogen and oxygen atoms in total. The lowest BCUT2D eigenvalue weighted by Crippen LogP contribution is -2.43. The average molecular weight is 336 g/mol. The molecule has 2 aromatic rings. The Morgan fingerprint density at radius 2 is 1.52 bits per heavy atom. The van der Waals surface area contributed by atoms with Crippen molar-refractivity contribution < 1.29 is 14.7 Å². The van der Waals surface area contributed by atoms with Crippen LogP contribution in [-0.4, -0.2) is 23.0 Å². The molecule has 0 aliphatic rings. The minimum atomic E-state index is -1.09. The van der Waals surface area contributed by atoms with Crippen molar-refractivity contribution in [3.63, 3.8) is 0 Å². The standard InChI is InChI=1S/C20H20N2O3/c21-14-8-7-13-17(20(24)25)22-19(23)18(15-9-3-1-4-10-15)16-11-5-2-6-12-16/h1-6,9-12,17-18H,7-8,13H2,(H,22,23)(H,24,25)/t17-/m1/s1. The van der Waals surface area contributed by atoms with Crippen LogP contribution in [0, 0.1) is 11.3 Å². The summed E-state index contributed by atoms with van der Waals surface area (Å²) in [5.74, 6) is -2.03. The zero-order chi connectivity index (χ0) is 18.1. The molecule has 2 rings (SSSR count). The molecule has 5 heteroatoms. The van der Waals surface area contributed by atoms with E-state index in [2.05, 4.69) is 5.32 Å². The van der Waals surface area contributed by atoms with Crippen molar-refractivity contribution in [1.29, 1.82) is 5.26 Å². The molecule has 1 atom stereocenters. The van der Waals surface area contributed by atoms with Crippen LogP contribution in [0.4, 0.5) is 0 Å². The molecule has 0 radical (unpaired) electrons. The molecule has 0 saturated heterocycles. The van der Waals surface area contributed by atoms with Crippen LogP contribution >= 0.6 is 0 Å². The molecule has 0 bridgehead atoms. The number of unbranched alkanes of at least 4 members (excludes halogenated alkanes) is 1. The zero-order valence-electron chi connectivity index (χ0n) is 13.8. The van der Waals surface area contributed by atoms with Crippen molar-refractivity contribution in [2.24, 2.45) is 0 Å². The lowest BCUT2D eigenvalue weighted by atomic mass is 9.90. The molecular weight excluding hydrogens is 316 g/mol. The van der Waals surface area contributed by atoms with Gasteiger partial charge in [0, 0.05) is 6.42 Å². The number of aliphatic carboxylic acids is 1. The van der Waals surface area contributed by atoms with Gasteiger partial charge in [-0.05, 0) is 24.0 Å². The molecule has 0 aliphatic heterocycles. The first-order chi connectivity index (χ1) is 12.1. The Kier molecular flexibility index (Phi) is 6.73. The summed E-state index contributed by atoms with van der Waals surface area (Å²) in [5, 5.41) is 20.6. The second kappa shape index (κ2) is 9.24. The molecule has 1 amide bonds. The monoisotopic (exact) mass is 336 g/mol. The highest BCUT2D eigenvalue weighted by Crippen LogP contribution is 2.25. The Morgan fingerprint density at radius 3 is 1.96 bits per heavy atom. The Hall–Kier alpha value is -3.13. The number of hydrogen-bond acceptors (Lipinski definition) is 3. The van der Waals surface area contributed by atoms with Crippen molar-refractivity contribution >= 4 is 11.9 Å². The molecule has 2 N–H and O–H groups in total. The number of hydrogen-bond donors (Lipinski definition) is 2. The highest BCUT2D eigenvalue weighted by atomic mass is 16.4. The van der Waals surface area contributed by atoms with Crippen molar-refractivity contribution in [3.05, 3.63) is 71.8 Å². The van der Waals surface area contributed by atoms with Crippen molar-refractivity contribution in [2.45, 2.75) is 31.2 Å². The predicted molar refractivity (Wildman–Crippen MR) is 93.8 cm³/mol. The van der Waals surface area contributed by atoms with Crippen molar-refractivity contribution in [3.8, 4) is 6.07 Å². The van der Waals surface area contributed by atoms with E-state index < -0.39 is 17.9 Å². The van der Waals surface area contributed by atoms with Crippen LogP contribution in [0.15, 0.2) is 60.7 Å². The highest BCUT2D eigenvalue weighted by Gasteiger charge is 2.27. The van der Waals surface area contributed by atoms with Crippen molar-refractivity contribution in [2.75, 3.05) is 0 Å². The molecule has 0 unspecified atom stereocenters. The fraction of sp³-hybridized carbons (Fsp3) is 0.250. The predicted octanol–water partition coefficient (Wildman–Crippen LogP) is 3.08. The first-order valence-electron chi connectivity index (χ1n) is 8.13. The summed E-state index contributed by atoms with van der Waals surface area (Å²) >= 11 is 0. The largest absolute Gasteiger partial charge is 0.480 e. The minimum Gasteiger partial charge on any atom is -0.480 e. The average Bonchev–Trinajstić information content (AvgIpc) is 2.63. The van der Waals surface area contributed by atoms with Crippen LogP contribution in [0.5, 0.6) is 0 Å². The number of amides is 1. The number of carboxylic acid groups (broad SMARTS) is 1. The van der Waals surface area contributed by atoms with Crippen LogP contribution in [0.3, 0.4) is 0 Å². The van der Waals surface area contributed by atoms with Gasteiger partial charge in [-0.3, -0.25) is 4.79 Å². The maximum atomic E-state index is 12.9.